The van der Waals surface area contributed by atoms with Gasteiger partial charge in [0.15, 0.2) is 5.78 Å². The van der Waals surface area contributed by atoms with Crippen LogP contribution in [0.25, 0.3) is 5.69 Å². The summed E-state index contributed by atoms with van der Waals surface area (Å²) in [7, 11) is 3.70. The number of fused-ring (bicyclic) bond motifs is 1. The van der Waals surface area contributed by atoms with E-state index in [2.05, 4.69) is 0 Å². The van der Waals surface area contributed by atoms with Gasteiger partial charge in [-0.3, -0.25) is 34.0 Å². The van der Waals surface area contributed by atoms with Crippen LogP contribution in [0.2, 0.25) is 5.02 Å². The molecule has 4 aromatic rings. The molecule has 10 nitrogen and oxygen atoms in total. The Labute approximate surface area is 234 Å². The van der Waals surface area contributed by atoms with E-state index in [0.717, 1.165) is 4.90 Å². The lowest BCUT2D eigenvalue weighted by atomic mass is 10.0. The van der Waals surface area contributed by atoms with Gasteiger partial charge in [0.1, 0.15) is 5.82 Å². The molecule has 1 aliphatic rings. The highest BCUT2D eigenvalue weighted by Crippen LogP contribution is 2.32. The minimum Gasteiger partial charge on any atom is -0.302 e. The van der Waals surface area contributed by atoms with Crippen molar-refractivity contribution in [2.45, 2.75) is 20.0 Å². The molecule has 0 atom stereocenters. The Hall–Kier alpha value is -4.67. The van der Waals surface area contributed by atoms with Crippen molar-refractivity contribution in [3.05, 3.63) is 121 Å². The van der Waals surface area contributed by atoms with Crippen molar-refractivity contribution in [3.63, 3.8) is 0 Å². The summed E-state index contributed by atoms with van der Waals surface area (Å²) in [5, 5.41) is 11.9. The number of rotatable bonds is 8. The van der Waals surface area contributed by atoms with Crippen molar-refractivity contribution in [3.8, 4) is 5.69 Å². The fourth-order valence-corrected chi connectivity index (χ4v) is 5.04. The molecular formula is C29H24ClN5O5. The van der Waals surface area contributed by atoms with Gasteiger partial charge >= 0.3 is 0 Å². The van der Waals surface area contributed by atoms with Crippen LogP contribution >= 0.6 is 11.6 Å². The van der Waals surface area contributed by atoms with E-state index in [0.29, 0.717) is 40.6 Å². The highest BCUT2D eigenvalue weighted by Gasteiger charge is 2.37. The molecule has 40 heavy (non-hydrogen) atoms. The van der Waals surface area contributed by atoms with Crippen LogP contribution in [0.15, 0.2) is 66.7 Å². The number of ketones is 1. The van der Waals surface area contributed by atoms with Gasteiger partial charge in [-0.05, 0) is 51.4 Å². The summed E-state index contributed by atoms with van der Waals surface area (Å²) >= 11 is 6.33. The molecule has 2 amide bonds. The van der Waals surface area contributed by atoms with Gasteiger partial charge in [-0.25, -0.2) is 4.98 Å². The number of carbonyl (C=O) groups excluding carboxylic acids is 3. The molecule has 0 spiro atoms. The van der Waals surface area contributed by atoms with Crippen LogP contribution < -0.4 is 0 Å². The van der Waals surface area contributed by atoms with E-state index in [-0.39, 0.29) is 28.4 Å². The second-order valence-electron chi connectivity index (χ2n) is 9.64. The summed E-state index contributed by atoms with van der Waals surface area (Å²) in [6.07, 6.45) is 0. The Morgan fingerprint density at radius 1 is 0.975 bits per heavy atom. The number of nitrogens with zero attached hydrogens (tertiary/aromatic N) is 5. The van der Waals surface area contributed by atoms with E-state index in [1.807, 2.05) is 19.0 Å². The smallest absolute Gasteiger partial charge is 0.270 e. The van der Waals surface area contributed by atoms with Crippen molar-refractivity contribution in [1.29, 1.82) is 0 Å². The predicted molar refractivity (Wildman–Crippen MR) is 148 cm³/mol. The zero-order valence-corrected chi connectivity index (χ0v) is 22.7. The van der Waals surface area contributed by atoms with Crippen LogP contribution in [0.3, 0.4) is 0 Å². The van der Waals surface area contributed by atoms with E-state index in [9.17, 15) is 24.5 Å². The summed E-state index contributed by atoms with van der Waals surface area (Å²) in [6.45, 7) is 1.99. The Morgan fingerprint density at radius 2 is 1.60 bits per heavy atom. The zero-order valence-electron chi connectivity index (χ0n) is 21.9. The second-order valence-corrected chi connectivity index (χ2v) is 10.1. The number of carbonyl (C=O) groups is 3. The third kappa shape index (κ3) is 4.67. The van der Waals surface area contributed by atoms with Gasteiger partial charge in [-0.15, -0.1) is 0 Å². The Kier molecular flexibility index (Phi) is 7.05. The highest BCUT2D eigenvalue weighted by atomic mass is 35.5. The summed E-state index contributed by atoms with van der Waals surface area (Å²) in [6, 6.07) is 17.1. The van der Waals surface area contributed by atoms with Crippen LogP contribution in [-0.4, -0.2) is 56.0 Å². The topological polar surface area (TPSA) is 119 Å². The summed E-state index contributed by atoms with van der Waals surface area (Å²) in [5.74, 6) is -0.856. The monoisotopic (exact) mass is 557 g/mol. The molecule has 0 unspecified atom stereocenters. The standard InChI is InChI=1S/C29H24ClN5O5/c1-17-25(15-33-28(37)19-8-4-5-9-20(19)29(33)38)34(26(31-17)16-32(2)3)24-13-12-18(35(39)40)14-22(24)27(36)21-10-6-7-11-23(21)30/h4-14H,15-16H2,1-3H3. The molecule has 0 fully saturated rings. The molecule has 0 N–H and O–H groups in total. The lowest BCUT2D eigenvalue weighted by Gasteiger charge is -2.20. The average molecular weight is 558 g/mol. The molecule has 0 saturated heterocycles. The van der Waals surface area contributed by atoms with E-state index in [1.54, 1.807) is 60.0 Å². The van der Waals surface area contributed by atoms with Crippen LogP contribution in [0.1, 0.15) is 53.8 Å². The molecule has 3 aromatic carbocycles. The van der Waals surface area contributed by atoms with Gasteiger partial charge in [-0.2, -0.15) is 0 Å². The third-order valence-corrected chi connectivity index (χ3v) is 7.01. The molecule has 0 bridgehead atoms. The molecule has 2 heterocycles. The first kappa shape index (κ1) is 26.9. The average Bonchev–Trinajstić information content (AvgIpc) is 3.35. The normalized spacial score (nSPS) is 12.8. The van der Waals surface area contributed by atoms with Crippen molar-refractivity contribution < 1.29 is 19.3 Å². The van der Waals surface area contributed by atoms with Crippen LogP contribution in [-0.2, 0) is 13.1 Å². The number of nitro benzene ring substituents is 1. The number of nitro groups is 1. The fraction of sp³-hybridized carbons (Fsp3) is 0.172. The van der Waals surface area contributed by atoms with Gasteiger partial charge in [-0.1, -0.05) is 35.9 Å². The Balaban J connectivity index is 1.70. The van der Waals surface area contributed by atoms with Crippen LogP contribution in [0, 0.1) is 17.0 Å². The number of hydrogen-bond acceptors (Lipinski definition) is 7. The number of benzene rings is 3. The summed E-state index contributed by atoms with van der Waals surface area (Å²) in [4.78, 5) is 59.1. The number of aromatic nitrogens is 2. The molecule has 11 heteroatoms. The SMILES string of the molecule is Cc1nc(CN(C)C)n(-c2ccc([N+](=O)[O-])cc2C(=O)c2ccccc2Cl)c1CN1C(=O)c2ccccc2C1=O. The van der Waals surface area contributed by atoms with E-state index in [1.165, 1.54) is 18.2 Å². The number of amides is 2. The van der Waals surface area contributed by atoms with Crippen LogP contribution in [0.5, 0.6) is 0 Å². The first-order chi connectivity index (χ1) is 19.1. The zero-order chi connectivity index (χ0) is 28.7. The first-order valence-electron chi connectivity index (χ1n) is 12.3. The number of hydrogen-bond donors (Lipinski definition) is 0. The molecule has 0 radical (unpaired) electrons. The summed E-state index contributed by atoms with van der Waals surface area (Å²) < 4.78 is 1.70. The van der Waals surface area contributed by atoms with Crippen LogP contribution in [0.4, 0.5) is 5.69 Å². The highest BCUT2D eigenvalue weighted by molar-refractivity contribution is 6.35. The second kappa shape index (κ2) is 10.5. The number of non-ortho nitro benzene ring substituents is 1. The van der Waals surface area contributed by atoms with Gasteiger partial charge < -0.3 is 4.90 Å². The van der Waals surface area contributed by atoms with E-state index in [4.69, 9.17) is 16.6 Å². The molecule has 1 aromatic heterocycles. The molecule has 1 aliphatic heterocycles. The number of halogens is 1. The number of aryl methyl sites for hydroxylation is 1. The van der Waals surface area contributed by atoms with Crippen molar-refractivity contribution >= 4 is 34.9 Å². The predicted octanol–water partition coefficient (Wildman–Crippen LogP) is 4.83. The van der Waals surface area contributed by atoms with E-state index >= 15 is 0 Å². The van der Waals surface area contributed by atoms with Crippen molar-refractivity contribution in [2.75, 3.05) is 14.1 Å². The molecule has 0 aliphatic carbocycles. The first-order valence-corrected chi connectivity index (χ1v) is 12.7. The maximum Gasteiger partial charge on any atom is 0.270 e. The van der Waals surface area contributed by atoms with Crippen molar-refractivity contribution in [2.24, 2.45) is 0 Å². The minimum atomic E-state index is -0.577. The molecular weight excluding hydrogens is 534 g/mol. The Morgan fingerprint density at radius 3 is 2.20 bits per heavy atom. The number of imide groups is 1. The quantitative estimate of drug-likeness (QED) is 0.132. The minimum absolute atomic E-state index is 0.0308. The van der Waals surface area contributed by atoms with Gasteiger partial charge in [0.2, 0.25) is 0 Å². The fourth-order valence-electron chi connectivity index (χ4n) is 4.82. The lowest BCUT2D eigenvalue weighted by Crippen LogP contribution is -2.30. The maximum absolute atomic E-state index is 13.8. The summed E-state index contributed by atoms with van der Waals surface area (Å²) in [5.41, 5.74) is 1.93. The third-order valence-electron chi connectivity index (χ3n) is 6.68. The van der Waals surface area contributed by atoms with Crippen molar-refractivity contribution in [1.82, 2.24) is 19.4 Å². The van der Waals surface area contributed by atoms with Gasteiger partial charge in [0.25, 0.3) is 17.5 Å². The van der Waals surface area contributed by atoms with E-state index < -0.39 is 22.5 Å². The molecule has 5 rings (SSSR count). The number of imidazole rings is 1. The van der Waals surface area contributed by atoms with Gasteiger partial charge in [0, 0.05) is 17.7 Å². The molecule has 0 saturated carbocycles. The Bertz CT molecular complexity index is 1680. The van der Waals surface area contributed by atoms with Gasteiger partial charge in [0.05, 0.1) is 56.8 Å². The molecule has 202 valence electrons. The lowest BCUT2D eigenvalue weighted by molar-refractivity contribution is -0.384. The maximum atomic E-state index is 13.8. The largest absolute Gasteiger partial charge is 0.302 e.